The predicted molar refractivity (Wildman–Crippen MR) is 239 cm³/mol. The highest BCUT2D eigenvalue weighted by Gasteiger charge is 2.52. The van der Waals surface area contributed by atoms with Gasteiger partial charge < -0.3 is 30.2 Å². The summed E-state index contributed by atoms with van der Waals surface area (Å²) in [5, 5.41) is 16.2. The summed E-state index contributed by atoms with van der Waals surface area (Å²) in [7, 11) is -3.66. The van der Waals surface area contributed by atoms with Crippen molar-refractivity contribution in [1.29, 1.82) is 5.26 Å². The topological polar surface area (TPSA) is 205 Å². The van der Waals surface area contributed by atoms with Crippen molar-refractivity contribution in [1.82, 2.24) is 24.5 Å². The van der Waals surface area contributed by atoms with Gasteiger partial charge in [0.15, 0.2) is 11.5 Å². The first-order chi connectivity index (χ1) is 32.6. The van der Waals surface area contributed by atoms with Crippen molar-refractivity contribution in [3.05, 3.63) is 111 Å². The third-order valence-corrected chi connectivity index (χ3v) is 13.5. The first kappa shape index (κ1) is 51.5. The molecule has 4 N–H and O–H groups in total. The minimum atomic E-state index is -4.47. The Morgan fingerprint density at radius 3 is 2.31 bits per heavy atom. The average molecular weight is 1000 g/mol. The number of hydrogen-bond acceptors (Lipinski definition) is 9. The maximum absolute atomic E-state index is 16.3. The number of piperidine rings is 1. The number of nitriles is 1. The molecule has 4 aliphatic rings. The minimum Gasteiger partial charge on any atom is -0.373 e. The van der Waals surface area contributed by atoms with Crippen molar-refractivity contribution in [2.24, 2.45) is 5.41 Å². The number of rotatable bonds is 13. The van der Waals surface area contributed by atoms with E-state index in [0.717, 1.165) is 46.1 Å². The number of alkyl halides is 4. The Bertz CT molecular complexity index is 2940. The summed E-state index contributed by atoms with van der Waals surface area (Å²) in [5.41, 5.74) is -5.52. The average Bonchev–Trinajstić information content (AvgIpc) is 3.68. The molecule has 2 saturated heterocycles. The lowest BCUT2D eigenvalue weighted by Crippen LogP contribution is -2.58. The molecular formula is C47H49F7N8O7S. The Labute approximate surface area is 398 Å². The number of nitrogens with one attached hydrogen (secondary N) is 4. The zero-order valence-electron chi connectivity index (χ0n) is 38.5. The van der Waals surface area contributed by atoms with E-state index in [2.05, 4.69) is 25.7 Å². The van der Waals surface area contributed by atoms with E-state index in [1.54, 1.807) is 6.07 Å². The summed E-state index contributed by atoms with van der Waals surface area (Å²) >= 11 is 0. The molecule has 1 aliphatic carbocycles. The van der Waals surface area contributed by atoms with Gasteiger partial charge in [0.2, 0.25) is 10.0 Å². The molecule has 3 aliphatic heterocycles. The van der Waals surface area contributed by atoms with Gasteiger partial charge in [-0.1, -0.05) is 6.92 Å². The fourth-order valence-corrected chi connectivity index (χ4v) is 10.1. The Morgan fingerprint density at radius 1 is 0.929 bits per heavy atom. The van der Waals surface area contributed by atoms with E-state index in [-0.39, 0.29) is 60.9 Å². The number of sulfonamides is 1. The number of nitrogens with zero attached hydrogens (tertiary/aromatic N) is 4. The lowest BCUT2D eigenvalue weighted by atomic mass is 9.71. The van der Waals surface area contributed by atoms with Crippen molar-refractivity contribution in [3.63, 3.8) is 0 Å². The summed E-state index contributed by atoms with van der Waals surface area (Å²) in [5.74, 6) is -18.8. The number of halogens is 7. The molecule has 4 heterocycles. The van der Waals surface area contributed by atoms with Gasteiger partial charge in [-0.25, -0.2) is 31.3 Å². The molecule has 3 fully saturated rings. The highest BCUT2D eigenvalue weighted by atomic mass is 32.2. The molecule has 3 atom stereocenters. The van der Waals surface area contributed by atoms with E-state index in [1.165, 1.54) is 26.8 Å². The number of carbonyl (C=O) groups is 4. The molecule has 70 heavy (non-hydrogen) atoms. The Balaban J connectivity index is 1.06. The first-order valence-electron chi connectivity index (χ1n) is 22.1. The number of fused-ring (bicyclic) bond motifs is 6. The molecule has 0 radical (unpaired) electrons. The summed E-state index contributed by atoms with van der Waals surface area (Å²) in [6.45, 7) is 5.07. The number of aromatic nitrogens is 2. The van der Waals surface area contributed by atoms with E-state index >= 15 is 26.3 Å². The molecule has 374 valence electrons. The molecule has 4 aromatic rings. The van der Waals surface area contributed by atoms with Gasteiger partial charge in [-0.05, 0) is 124 Å². The number of anilines is 2. The van der Waals surface area contributed by atoms with Gasteiger partial charge in [0.05, 0.1) is 36.3 Å². The summed E-state index contributed by atoms with van der Waals surface area (Å²) in [6, 6.07) is 7.69. The number of amides is 4. The number of ether oxygens (including phenoxy) is 1. The van der Waals surface area contributed by atoms with Crippen molar-refractivity contribution in [3.8, 4) is 6.07 Å². The molecule has 1 aromatic heterocycles. The minimum absolute atomic E-state index is 0.0397. The smallest absolute Gasteiger partial charge is 0.373 e. The van der Waals surface area contributed by atoms with Gasteiger partial charge in [0.25, 0.3) is 23.6 Å². The monoisotopic (exact) mass is 1000 g/mol. The quantitative estimate of drug-likeness (QED) is 0.102. The summed E-state index contributed by atoms with van der Waals surface area (Å²) < 4.78 is 143. The Morgan fingerprint density at radius 2 is 1.61 bits per heavy atom. The highest BCUT2D eigenvalue weighted by Crippen LogP contribution is 2.44. The van der Waals surface area contributed by atoms with E-state index in [9.17, 15) is 32.0 Å². The number of hydrogen-bond donors (Lipinski definition) is 4. The van der Waals surface area contributed by atoms with Crippen molar-refractivity contribution < 1.29 is 63.1 Å². The number of carbonyl (C=O) groups excluding carboxylic acids is 4. The molecule has 2 bridgehead atoms. The molecular weight excluding hydrogens is 954 g/mol. The third kappa shape index (κ3) is 10.8. The number of benzene rings is 3. The molecule has 8 rings (SSSR count). The molecule has 3 aromatic carbocycles. The normalized spacial score (nSPS) is 19.6. The Hall–Kier alpha value is -6.38. The molecule has 0 spiro atoms. The van der Waals surface area contributed by atoms with Gasteiger partial charge in [-0.15, -0.1) is 0 Å². The van der Waals surface area contributed by atoms with Crippen molar-refractivity contribution >= 4 is 45.0 Å². The maximum atomic E-state index is 16.3. The number of imidazole rings is 1. The van der Waals surface area contributed by atoms with Crippen LogP contribution in [-0.4, -0.2) is 83.5 Å². The maximum Gasteiger partial charge on any atom is 0.381 e. The largest absolute Gasteiger partial charge is 0.381 e. The van der Waals surface area contributed by atoms with Crippen LogP contribution in [0.2, 0.25) is 0 Å². The second-order valence-electron chi connectivity index (χ2n) is 19.1. The zero-order chi connectivity index (χ0) is 51.3. The number of aryl methyl sites for hydroxylation is 1. The van der Waals surface area contributed by atoms with E-state index in [1.807, 2.05) is 6.92 Å². The zero-order valence-corrected chi connectivity index (χ0v) is 39.4. The predicted octanol–water partition coefficient (Wildman–Crippen LogP) is 6.94. The van der Waals surface area contributed by atoms with Crippen molar-refractivity contribution in [2.75, 3.05) is 30.0 Å². The molecule has 23 heteroatoms. The van der Waals surface area contributed by atoms with Crippen LogP contribution < -0.4 is 20.7 Å². The molecule has 1 saturated carbocycles. The van der Waals surface area contributed by atoms with E-state index in [0.29, 0.717) is 37.8 Å². The molecule has 1 unspecified atom stereocenters. The van der Waals surface area contributed by atoms with E-state index in [4.69, 9.17) is 10.00 Å². The van der Waals surface area contributed by atoms with Crippen LogP contribution in [0, 0.1) is 41.1 Å². The first-order valence-corrected chi connectivity index (χ1v) is 24.0. The van der Waals surface area contributed by atoms with Crippen LogP contribution in [0.25, 0.3) is 0 Å². The second kappa shape index (κ2) is 19.1. The van der Waals surface area contributed by atoms with Gasteiger partial charge in [-0.2, -0.15) is 22.8 Å². The van der Waals surface area contributed by atoms with Gasteiger partial charge >= 0.3 is 11.8 Å². The summed E-state index contributed by atoms with van der Waals surface area (Å²) in [6.07, 6.45) is 2.35. The van der Waals surface area contributed by atoms with Gasteiger partial charge in [0.1, 0.15) is 23.5 Å². The SMILES string of the molecule is Cc1cc(NC(=O)c2ccc(F)c(C(F)(F)C(=O)N3CC4(C)CC[C@@H](NS(C)(=O)=O)C[C@H]3CC4)c2)cc(CC(C)(C)NC(=O)C(F)(F)c2nc(C(=O)Nc3ccc(F)c(C#N)c3)c3n2CCOC3)c1F. The summed E-state index contributed by atoms with van der Waals surface area (Å²) in [4.78, 5) is 58.9. The van der Waals surface area contributed by atoms with E-state index < -0.39 is 121 Å². The second-order valence-corrected chi connectivity index (χ2v) is 20.9. The standard InChI is InChI=1S/C47H49F7N8O7S/c1-25-16-31(57-39(63)26-6-8-35(49)33(19-26)46(51,52)43(66)62-24-45(4)12-10-30(60-70(5,67)68)20-32(62)11-13-45)17-27(37(25)50)21-44(2,3)59-42(65)47(53,54)41-58-38(36-23-69-15-14-61(36)41)40(64)56-29-7-9-34(48)28(18-29)22-55/h6-9,16-19,30,32,60H,10-15,20-21,23-24H2,1-5H3,(H,56,64)(H,57,63)(H,59,65)/t30-,32-,45?/m1/s1. The van der Waals surface area contributed by atoms with Crippen LogP contribution in [0.1, 0.15) is 107 Å². The lowest BCUT2D eigenvalue weighted by Gasteiger charge is -2.49. The van der Waals surface area contributed by atoms with Crippen LogP contribution in [0.5, 0.6) is 0 Å². The van der Waals surface area contributed by atoms with Crippen LogP contribution in [0.15, 0.2) is 48.5 Å². The highest BCUT2D eigenvalue weighted by molar-refractivity contribution is 7.88. The third-order valence-electron chi connectivity index (χ3n) is 12.8. The van der Waals surface area contributed by atoms with Gasteiger partial charge in [0, 0.05) is 47.7 Å². The van der Waals surface area contributed by atoms with Crippen LogP contribution in [0.3, 0.4) is 0 Å². The molecule has 15 nitrogen and oxygen atoms in total. The fourth-order valence-electron chi connectivity index (χ4n) is 9.31. The lowest BCUT2D eigenvalue weighted by molar-refractivity contribution is -0.168. The van der Waals surface area contributed by atoms with Crippen LogP contribution in [0.4, 0.5) is 42.1 Å². The van der Waals surface area contributed by atoms with Crippen molar-refractivity contribution in [2.45, 2.75) is 109 Å². The van der Waals surface area contributed by atoms with Crippen LogP contribution in [-0.2, 0) is 55.8 Å². The molecule has 4 amide bonds. The Kier molecular flexibility index (Phi) is 14.0. The fraction of sp³-hybridized carbons (Fsp3) is 0.447. The van der Waals surface area contributed by atoms with Crippen LogP contribution >= 0.6 is 0 Å². The van der Waals surface area contributed by atoms with Gasteiger partial charge in [-0.3, -0.25) is 19.2 Å².